The Morgan fingerprint density at radius 1 is 1.41 bits per heavy atom. The van der Waals surface area contributed by atoms with Crippen molar-refractivity contribution >= 4 is 31.1 Å². The summed E-state index contributed by atoms with van der Waals surface area (Å²) in [6, 6.07) is 0. The fourth-order valence-electron chi connectivity index (χ4n) is 0.854. The van der Waals surface area contributed by atoms with Crippen molar-refractivity contribution in [3.63, 3.8) is 0 Å². The first-order valence-corrected chi connectivity index (χ1v) is 7.62. The lowest BCUT2D eigenvalue weighted by atomic mass is 10.5. The Morgan fingerprint density at radius 3 is 2.35 bits per heavy atom. The minimum absolute atomic E-state index is 0.0556. The van der Waals surface area contributed by atoms with Crippen LogP contribution in [0, 0.1) is 0 Å². The summed E-state index contributed by atoms with van der Waals surface area (Å²) in [6.45, 7) is 4.68. The molecule has 0 atom stereocenters. The van der Waals surface area contributed by atoms with Crippen molar-refractivity contribution in [2.24, 2.45) is 10.8 Å². The van der Waals surface area contributed by atoms with Crippen LogP contribution in [0.2, 0.25) is 0 Å². The molecule has 0 aromatic heterocycles. The van der Waals surface area contributed by atoms with E-state index in [4.69, 9.17) is 14.8 Å². The lowest BCUT2D eigenvalue weighted by Gasteiger charge is -2.16. The summed E-state index contributed by atoms with van der Waals surface area (Å²) < 4.78 is 22.6. The summed E-state index contributed by atoms with van der Waals surface area (Å²) in [7, 11) is -3.09. The number of hydrogen-bond acceptors (Lipinski definition) is 5. The monoisotopic (exact) mass is 281 g/mol. The van der Waals surface area contributed by atoms with Crippen LogP contribution in [0.4, 0.5) is 0 Å². The first-order chi connectivity index (χ1) is 8.04. The van der Waals surface area contributed by atoms with Crippen LogP contribution in [0.15, 0.2) is 5.10 Å². The average Bonchev–Trinajstić information content (AvgIpc) is 2.30. The zero-order valence-electron chi connectivity index (χ0n) is 10.2. The Morgan fingerprint density at radius 2 is 1.94 bits per heavy atom. The van der Waals surface area contributed by atoms with Gasteiger partial charge >= 0.3 is 7.60 Å². The van der Waals surface area contributed by atoms with Gasteiger partial charge in [0.25, 0.3) is 0 Å². The molecule has 8 heteroatoms. The van der Waals surface area contributed by atoms with Crippen LogP contribution < -0.4 is 11.2 Å². The van der Waals surface area contributed by atoms with E-state index in [1.807, 2.05) is 13.8 Å². The highest BCUT2D eigenvalue weighted by atomic mass is 32.1. The molecule has 0 rings (SSSR count). The van der Waals surface area contributed by atoms with Gasteiger partial charge in [0.05, 0.1) is 19.4 Å². The lowest BCUT2D eigenvalue weighted by Crippen LogP contribution is -2.24. The number of hydrogen-bond donors (Lipinski definition) is 2. The topological polar surface area (TPSA) is 85.9 Å². The van der Waals surface area contributed by atoms with Crippen molar-refractivity contribution in [3.05, 3.63) is 0 Å². The quantitative estimate of drug-likeness (QED) is 0.290. The standard InChI is InChI=1S/C9H20N3O3PS/c1-3-6-14-16(13,15-7-4-2)8-5-11-12-9(10)17/h5H,3-4,6-8H2,1-2H3,(H3,10,12,17)/b11-5+. The van der Waals surface area contributed by atoms with Crippen molar-refractivity contribution < 1.29 is 13.6 Å². The zero-order chi connectivity index (χ0) is 13.1. The molecule has 0 bridgehead atoms. The molecule has 0 aliphatic carbocycles. The normalized spacial score (nSPS) is 11.9. The van der Waals surface area contributed by atoms with Gasteiger partial charge in [-0.05, 0) is 25.1 Å². The van der Waals surface area contributed by atoms with Gasteiger partial charge in [0.1, 0.15) is 0 Å². The number of rotatable bonds is 9. The molecule has 0 saturated heterocycles. The van der Waals surface area contributed by atoms with Gasteiger partial charge in [0, 0.05) is 6.21 Å². The van der Waals surface area contributed by atoms with Crippen molar-refractivity contribution in [1.29, 1.82) is 0 Å². The molecule has 0 spiro atoms. The number of nitrogens with one attached hydrogen (secondary N) is 1. The highest BCUT2D eigenvalue weighted by molar-refractivity contribution is 7.80. The number of nitrogens with two attached hydrogens (primary N) is 1. The molecule has 0 fully saturated rings. The van der Waals surface area contributed by atoms with Gasteiger partial charge in [-0.25, -0.2) is 0 Å². The predicted molar refractivity (Wildman–Crippen MR) is 73.4 cm³/mol. The van der Waals surface area contributed by atoms with Crippen LogP contribution in [0.5, 0.6) is 0 Å². The molecule has 0 radical (unpaired) electrons. The second-order valence-corrected chi connectivity index (χ2v) is 5.79. The minimum Gasteiger partial charge on any atom is -0.375 e. The van der Waals surface area contributed by atoms with Crippen LogP contribution >= 0.6 is 19.8 Å². The third-order valence-corrected chi connectivity index (χ3v) is 3.41. The molecule has 0 aliphatic heterocycles. The first kappa shape index (κ1) is 16.5. The van der Waals surface area contributed by atoms with Crippen LogP contribution in [-0.2, 0) is 13.6 Å². The zero-order valence-corrected chi connectivity index (χ0v) is 11.9. The van der Waals surface area contributed by atoms with E-state index in [1.54, 1.807) is 0 Å². The Labute approximate surface area is 107 Å². The molecule has 0 aromatic carbocycles. The van der Waals surface area contributed by atoms with Gasteiger partial charge in [-0.3, -0.25) is 9.99 Å². The second kappa shape index (κ2) is 9.53. The molecule has 0 aliphatic rings. The molecule has 17 heavy (non-hydrogen) atoms. The van der Waals surface area contributed by atoms with Gasteiger partial charge in [-0.15, -0.1) is 0 Å². The summed E-state index contributed by atoms with van der Waals surface area (Å²) in [5.74, 6) is 0. The maximum Gasteiger partial charge on any atom is 0.336 e. The third-order valence-electron chi connectivity index (χ3n) is 1.56. The fraction of sp³-hybridized carbons (Fsp3) is 0.778. The maximum absolute atomic E-state index is 12.1. The maximum atomic E-state index is 12.1. The second-order valence-electron chi connectivity index (χ2n) is 3.25. The van der Waals surface area contributed by atoms with Crippen LogP contribution in [0.1, 0.15) is 26.7 Å². The van der Waals surface area contributed by atoms with Crippen molar-refractivity contribution in [2.75, 3.05) is 19.4 Å². The molecular weight excluding hydrogens is 261 g/mol. The Hall–Kier alpha value is -0.490. The van der Waals surface area contributed by atoms with E-state index < -0.39 is 7.60 Å². The van der Waals surface area contributed by atoms with Crippen molar-refractivity contribution in [3.8, 4) is 0 Å². The van der Waals surface area contributed by atoms with E-state index >= 15 is 0 Å². The predicted octanol–water partition coefficient (Wildman–Crippen LogP) is 1.85. The van der Waals surface area contributed by atoms with Gasteiger partial charge in [0.2, 0.25) is 0 Å². The van der Waals surface area contributed by atoms with E-state index in [9.17, 15) is 4.57 Å². The Balaban J connectivity index is 4.21. The third kappa shape index (κ3) is 9.23. The minimum atomic E-state index is -3.09. The average molecular weight is 281 g/mol. The van der Waals surface area contributed by atoms with E-state index in [1.165, 1.54) is 6.21 Å². The van der Waals surface area contributed by atoms with Crippen LogP contribution in [-0.4, -0.2) is 30.7 Å². The molecule has 0 amide bonds. The van der Waals surface area contributed by atoms with Crippen molar-refractivity contribution in [1.82, 2.24) is 5.43 Å². The number of nitrogens with zero attached hydrogens (tertiary/aromatic N) is 1. The Kier molecular flexibility index (Phi) is 9.26. The van der Waals surface area contributed by atoms with Gasteiger partial charge < -0.3 is 14.8 Å². The molecule has 0 unspecified atom stereocenters. The summed E-state index contributed by atoms with van der Waals surface area (Å²) in [6.07, 6.45) is 3.05. The van der Waals surface area contributed by atoms with Gasteiger partial charge in [-0.2, -0.15) is 5.10 Å². The molecule has 6 nitrogen and oxygen atoms in total. The molecule has 3 N–H and O–H groups in total. The number of thiocarbonyl (C=S) groups is 1. The first-order valence-electron chi connectivity index (χ1n) is 5.49. The Bertz CT molecular complexity index is 287. The fourth-order valence-corrected chi connectivity index (χ4v) is 2.39. The van der Waals surface area contributed by atoms with E-state index in [-0.39, 0.29) is 11.3 Å². The van der Waals surface area contributed by atoms with Crippen LogP contribution in [0.25, 0.3) is 0 Å². The summed E-state index contributed by atoms with van der Waals surface area (Å²) in [5.41, 5.74) is 7.55. The molecule has 0 aromatic rings. The summed E-state index contributed by atoms with van der Waals surface area (Å²) >= 11 is 4.56. The SMILES string of the molecule is CCCOP(=O)(C/C=N/NC(N)=S)OCCC. The molecule has 100 valence electrons. The smallest absolute Gasteiger partial charge is 0.336 e. The summed E-state index contributed by atoms with van der Waals surface area (Å²) in [5, 5.41) is 3.75. The lowest BCUT2D eigenvalue weighted by molar-refractivity contribution is 0.207. The largest absolute Gasteiger partial charge is 0.375 e. The van der Waals surface area contributed by atoms with E-state index in [0.29, 0.717) is 13.2 Å². The van der Waals surface area contributed by atoms with Gasteiger partial charge in [0.15, 0.2) is 5.11 Å². The van der Waals surface area contributed by atoms with Crippen LogP contribution in [0.3, 0.4) is 0 Å². The van der Waals surface area contributed by atoms with E-state index in [0.717, 1.165) is 12.8 Å². The molecule has 0 saturated carbocycles. The highest BCUT2D eigenvalue weighted by Gasteiger charge is 2.22. The van der Waals surface area contributed by atoms with Gasteiger partial charge in [-0.1, -0.05) is 13.8 Å². The highest BCUT2D eigenvalue weighted by Crippen LogP contribution is 2.47. The molecular formula is C9H20N3O3PS. The number of hydrazone groups is 1. The summed E-state index contributed by atoms with van der Waals surface area (Å²) in [4.78, 5) is 0. The van der Waals surface area contributed by atoms with Crippen molar-refractivity contribution in [2.45, 2.75) is 26.7 Å². The molecule has 0 heterocycles. The van der Waals surface area contributed by atoms with E-state index in [2.05, 4.69) is 22.7 Å².